The number of anilines is 2. The Morgan fingerprint density at radius 1 is 0.527 bits per heavy atom. The van der Waals surface area contributed by atoms with Gasteiger partial charge in [0.25, 0.3) is 23.6 Å². The first-order chi connectivity index (χ1) is 70.2. The Hall–Kier alpha value is -11.7. The molecule has 0 unspecified atom stereocenters. The maximum Gasteiger partial charge on any atom is 0.425 e. The Labute approximate surface area is 770 Å². The van der Waals surface area contributed by atoms with Gasteiger partial charge >= 0.3 is 33.2 Å². The highest BCUT2D eigenvalue weighted by molar-refractivity contribution is 7.86. The van der Waals surface area contributed by atoms with Crippen LogP contribution in [-0.4, -0.2) is 194 Å². The van der Waals surface area contributed by atoms with E-state index in [1.807, 2.05) is 0 Å². The first-order valence-corrected chi connectivity index (χ1v) is 43.6. The predicted octanol–water partition coefficient (Wildman–Crippen LogP) is 8.01. The van der Waals surface area contributed by atoms with E-state index in [4.69, 9.17) is 67.0 Å². The van der Waals surface area contributed by atoms with Gasteiger partial charge in [-0.1, -0.05) is 12.1 Å². The van der Waals surface area contributed by atoms with Gasteiger partial charge in [-0.05, 0) is 138 Å². The van der Waals surface area contributed by atoms with Gasteiger partial charge in [-0.2, -0.15) is 0 Å². The van der Waals surface area contributed by atoms with Crippen LogP contribution in [0.4, 0.5) is 46.5 Å². The number of benzene rings is 6. The summed E-state index contributed by atoms with van der Waals surface area (Å²) in [5, 5.41) is 9.34. The third kappa shape index (κ3) is 16.7. The van der Waals surface area contributed by atoms with E-state index in [2.05, 4.69) is 0 Å². The molecule has 11 aliphatic heterocycles. The lowest BCUT2D eigenvalue weighted by molar-refractivity contribution is -0.197. The number of carboxylic acid groups (broad SMARTS) is 1. The third-order valence-electron chi connectivity index (χ3n) is 23.1. The number of allylic oxidation sites excluding steroid dienone is 2. The molecule has 129 heavy (non-hydrogen) atoms. The molecule has 1 saturated heterocycles. The normalized spacial score (nSPS) is 21.6. The summed E-state index contributed by atoms with van der Waals surface area (Å²) >= 11 is 0. The average molecular weight is 1900 g/mol. The van der Waals surface area contributed by atoms with Crippen LogP contribution < -0.4 is 49.6 Å². The van der Waals surface area contributed by atoms with Gasteiger partial charge in [0.1, 0.15) is 36.1 Å². The minimum atomic E-state index is -6.40. The fourth-order valence-corrected chi connectivity index (χ4v) is 18.8. The van der Waals surface area contributed by atoms with E-state index < -0.39 is 350 Å². The molecule has 0 aromatic heterocycles. The van der Waals surface area contributed by atoms with Gasteiger partial charge < -0.3 is 48.1 Å². The Morgan fingerprint density at radius 3 is 1.25 bits per heavy atom. The van der Waals surface area contributed by atoms with Crippen molar-refractivity contribution < 1.29 is 167 Å². The number of halogens is 8. The Balaban J connectivity index is 0.000000225. The van der Waals surface area contributed by atoms with Gasteiger partial charge in [0, 0.05) is 198 Å². The SMILES string of the molecule is O=S(=O)=O.O=S(=O)=O.[2H]C1=C(C([2H])[2H])c2cc3c(c4c2=[N+](CCC4)C1(C)C)Oc1c(cc2c4c1CCCN4C(C([2H])([2H])[2H])(C([2H])([2H])[2H])C([2H])=C2C([2H])([2H])S(=O)(=O)[O-])C=3c1c(F)c(F)c(F)c(F)c1C(=O)N(C)CCC(=O)O.[2H]C1=C(C([2H])[2H])c2cc3c(c4c2=[N+](CCC4)C1(C)C)Oc1c(cc2c4c1CCCN4C(C([2H])([2H])[2H])(C([2H])([2H])[2H])C([2H])=C2C([2H])([2H])S(=O)(=O)[O-])C=3c1c(F)c(F)c(F)c(F)c1C(=O)N(C)CCC(=O)ON1C(=O)CCC1=O. The van der Waals surface area contributed by atoms with Crippen molar-refractivity contribution in [3.63, 3.8) is 0 Å². The van der Waals surface area contributed by atoms with Crippen LogP contribution in [0.5, 0.6) is 23.0 Å². The number of fused-ring (bicyclic) bond motifs is 8. The molecule has 1 fully saturated rings. The predicted molar refractivity (Wildman–Crippen MR) is 446 cm³/mol. The summed E-state index contributed by atoms with van der Waals surface area (Å²) in [4.78, 5) is 85.1. The zero-order chi connectivity index (χ0) is 115. The molecular weight excluding hydrogens is 1790 g/mol. The number of hydrogen-bond donors (Lipinski definition) is 1. The molecule has 0 aliphatic carbocycles. The minimum absolute atomic E-state index is 0.00401. The van der Waals surface area contributed by atoms with E-state index in [0.717, 1.165) is 42.1 Å². The smallest absolute Gasteiger partial charge is 0.425 e. The molecular formula is C88H85F8N7O22S4. The lowest BCUT2D eigenvalue weighted by Crippen LogP contribution is -2.53. The monoisotopic (exact) mass is 1900 g/mol. The van der Waals surface area contributed by atoms with Gasteiger partial charge in [0.05, 0.1) is 94.7 Å². The molecule has 6 aromatic carbocycles. The van der Waals surface area contributed by atoms with Crippen LogP contribution in [0.15, 0.2) is 48.5 Å². The van der Waals surface area contributed by atoms with Gasteiger partial charge in [-0.3, -0.25) is 24.0 Å². The second-order valence-electron chi connectivity index (χ2n) is 32.0. The Kier molecular flexibility index (Phi) is 17.4. The molecule has 0 bridgehead atoms. The molecule has 684 valence electrons. The number of aliphatic carboxylic acids is 1. The van der Waals surface area contributed by atoms with Crippen LogP contribution in [0.25, 0.3) is 33.4 Å². The summed E-state index contributed by atoms with van der Waals surface area (Å²) in [5.41, 5.74) is -33.6. The standard InChI is InChI=1S/C46H44F4N4O9S.C42H41F4N3O7S.2O3S/c1-22-19-45(2,3)52-14-7-9-24-40(52)26(22)17-28-33(29-18-27-23(21-64(59,60)61)20-46(4,5)53-15-8-10-25(41(27)53)43(29)62-42(24)28)34-35(37(48)39(50)38(49)36(34)47)44(58)51(6)16-13-32(57)63-54-30(55)11-12-31(54)56;1-20-17-41(2,3)48-12-7-9-22-36(48)24(20)15-26-29(30-31(33(44)35(46)34(45)32(30)43)40(52)47(6)14-11-28(50)51)27-16-25-21(19-57(53,54)55)18-42(4,5)49-13-8-10-23(37(25)49)39(27)56-38(22)26;2*1-4(2)3/h17-20H,7-16,21H2,1-6H3;15-18H,7-14,19H2,1-6H3,(H-,50,51,53,54,55);;/i1D2,4D3,5D3,19D,20D,21D2;1D2,4D3,5D3,17D,18D,19D2;;. The second kappa shape index (κ2) is 33.7. The average Bonchev–Trinajstić information content (AvgIpc) is 0.815. The van der Waals surface area contributed by atoms with Gasteiger partial charge in [0.15, 0.2) is 57.6 Å². The van der Waals surface area contributed by atoms with E-state index in [-0.39, 0.29) is 131 Å². The molecule has 29 nitrogen and oxygen atoms in total. The van der Waals surface area contributed by atoms with Crippen LogP contribution in [-0.2, 0) is 91.2 Å². The molecule has 0 atom stereocenters. The molecule has 17 rings (SSSR count). The van der Waals surface area contributed by atoms with Gasteiger partial charge in [-0.15, -0.1) is 30.3 Å². The van der Waals surface area contributed by atoms with Crippen LogP contribution in [0.2, 0.25) is 0 Å². The lowest BCUT2D eigenvalue weighted by atomic mass is 9.78. The summed E-state index contributed by atoms with van der Waals surface area (Å²) in [6, 6.07) is -0.0136. The van der Waals surface area contributed by atoms with Gasteiger partial charge in [-0.25, -0.2) is 65.9 Å². The highest BCUT2D eigenvalue weighted by atomic mass is 32.2. The number of hydrogen-bond acceptors (Lipinski definition) is 23. The first kappa shape index (κ1) is 66.7. The summed E-state index contributed by atoms with van der Waals surface area (Å²) < 4.78 is 488. The topological polar surface area (TPSA) is 389 Å². The number of nitrogens with zero attached hydrogens (tertiary/aromatic N) is 7. The third-order valence-corrected chi connectivity index (χ3v) is 24.0. The summed E-state index contributed by atoms with van der Waals surface area (Å²) in [6.07, 6.45) is -2.37. The van der Waals surface area contributed by atoms with Crippen LogP contribution in [0, 0.1) is 46.5 Å². The molecule has 1 N–H and O–H groups in total. The van der Waals surface area contributed by atoms with Crippen molar-refractivity contribution >= 4 is 122 Å². The fraction of sp³-hybridized carbons (Fsp3) is 0.409. The maximum atomic E-state index is 17.5. The van der Waals surface area contributed by atoms with Crippen molar-refractivity contribution in [2.45, 2.75) is 168 Å². The number of rotatable bonds is 15. The number of carboxylic acids is 1. The van der Waals surface area contributed by atoms with Crippen molar-refractivity contribution in [3.05, 3.63) is 194 Å². The number of imide groups is 1. The Morgan fingerprint density at radius 2 is 0.891 bits per heavy atom. The minimum Gasteiger partial charge on any atom is -0.748 e. The van der Waals surface area contributed by atoms with E-state index in [0.29, 0.717) is 39.9 Å². The van der Waals surface area contributed by atoms with Gasteiger partial charge in [0.2, 0.25) is 10.7 Å². The number of hydroxylamine groups is 2. The molecule has 0 radical (unpaired) electrons. The molecule has 11 heterocycles. The summed E-state index contributed by atoms with van der Waals surface area (Å²) in [7, 11) is -17.1. The van der Waals surface area contributed by atoms with E-state index in [1.165, 1.54) is 6.07 Å². The largest absolute Gasteiger partial charge is 0.748 e. The van der Waals surface area contributed by atoms with E-state index in [1.54, 1.807) is 36.8 Å². The van der Waals surface area contributed by atoms with Crippen LogP contribution in [0.1, 0.15) is 241 Å². The number of carbonyl (C=O) groups excluding carboxylic acids is 5. The molecule has 11 aliphatic rings. The number of ether oxygens (including phenoxy) is 2. The van der Waals surface area contributed by atoms with Crippen molar-refractivity contribution in [3.8, 4) is 23.0 Å². The highest BCUT2D eigenvalue weighted by Gasteiger charge is 2.49. The fourth-order valence-electron chi connectivity index (χ4n) is 17.9. The zero-order valence-electron chi connectivity index (χ0n) is 92.0. The molecule has 41 heteroatoms. The molecule has 4 amide bonds. The highest BCUT2D eigenvalue weighted by Crippen LogP contribution is 2.56. The van der Waals surface area contributed by atoms with Crippen LogP contribution >= 0.6 is 0 Å². The zero-order valence-corrected chi connectivity index (χ0v) is 71.3. The second-order valence-corrected chi connectivity index (χ2v) is 35.1. The van der Waals surface area contributed by atoms with Crippen LogP contribution in [0.3, 0.4) is 0 Å². The molecule has 6 aromatic rings. The van der Waals surface area contributed by atoms with Crippen molar-refractivity contribution in [2.75, 3.05) is 74.6 Å². The van der Waals surface area contributed by atoms with Crippen molar-refractivity contribution in [1.29, 1.82) is 0 Å². The van der Waals surface area contributed by atoms with E-state index >= 15 is 35.1 Å². The van der Waals surface area contributed by atoms with Crippen molar-refractivity contribution in [2.24, 2.45) is 0 Å². The molecule has 0 saturated carbocycles. The number of amides is 4. The summed E-state index contributed by atoms with van der Waals surface area (Å²) in [6.45, 7) is -14.4. The quantitative estimate of drug-likeness (QED) is 0.0253. The summed E-state index contributed by atoms with van der Waals surface area (Å²) in [5.74, 6) is -28.3. The maximum absolute atomic E-state index is 17.5. The first-order valence-electron chi connectivity index (χ1n) is 51.1. The van der Waals surface area contributed by atoms with Crippen molar-refractivity contribution in [1.82, 2.24) is 24.0 Å². The molecule has 0 spiro atoms. The lowest BCUT2D eigenvalue weighted by Gasteiger charge is -2.48. The van der Waals surface area contributed by atoms with E-state index in [9.17, 15) is 65.3 Å². The Bertz CT molecular complexity index is 8080. The number of carbonyl (C=O) groups is 6.